The first-order valence-corrected chi connectivity index (χ1v) is 11.7. The lowest BCUT2D eigenvalue weighted by Crippen LogP contribution is -2.24. The molecule has 0 spiro atoms. The minimum Gasteiger partial charge on any atom is -0.339 e. The van der Waals surface area contributed by atoms with E-state index in [9.17, 15) is 9.59 Å². The van der Waals surface area contributed by atoms with Crippen LogP contribution in [0.5, 0.6) is 0 Å². The van der Waals surface area contributed by atoms with Gasteiger partial charge in [-0.1, -0.05) is 29.4 Å². The molecule has 1 N–H and O–H groups in total. The fourth-order valence-corrected chi connectivity index (χ4v) is 4.39. The Morgan fingerprint density at radius 3 is 2.76 bits per heavy atom. The van der Waals surface area contributed by atoms with Gasteiger partial charge in [0.2, 0.25) is 17.1 Å². The zero-order chi connectivity index (χ0) is 23.7. The van der Waals surface area contributed by atoms with Crippen molar-refractivity contribution in [3.63, 3.8) is 0 Å². The maximum absolute atomic E-state index is 13.2. The number of rotatable bonds is 6. The second-order valence-electron chi connectivity index (χ2n) is 7.76. The van der Waals surface area contributed by atoms with Crippen LogP contribution in [0.2, 0.25) is 0 Å². The highest BCUT2D eigenvalue weighted by Crippen LogP contribution is 2.24. The predicted octanol–water partition coefficient (Wildman–Crippen LogP) is 4.68. The van der Waals surface area contributed by atoms with Crippen molar-refractivity contribution < 1.29 is 9.32 Å². The van der Waals surface area contributed by atoms with Crippen molar-refractivity contribution in [1.29, 1.82) is 0 Å². The van der Waals surface area contributed by atoms with E-state index in [1.54, 1.807) is 24.4 Å². The number of hydrogen-bond donors (Lipinski definition) is 1. The first-order valence-electron chi connectivity index (χ1n) is 10.8. The average Bonchev–Trinajstić information content (AvgIpc) is 3.53. The maximum Gasteiger partial charge on any atom is 0.261 e. The lowest BCUT2D eigenvalue weighted by Gasteiger charge is -2.13. The molecule has 1 aromatic carbocycles. The van der Waals surface area contributed by atoms with E-state index in [1.807, 2.05) is 54.1 Å². The van der Waals surface area contributed by atoms with E-state index in [-0.39, 0.29) is 11.0 Å². The number of thiophene rings is 1. The third-order valence-electron chi connectivity index (χ3n) is 5.46. The SMILES string of the molecule is CCn1cc(C(=O)Nc2ccccc2Cc2nc(-c3cccs3)no2)c(=O)c2ccc(C)nc21. The van der Waals surface area contributed by atoms with Crippen LogP contribution in [0.3, 0.4) is 0 Å². The molecule has 1 amide bonds. The maximum atomic E-state index is 13.2. The normalized spacial score (nSPS) is 11.1. The zero-order valence-corrected chi connectivity index (χ0v) is 19.4. The number of aromatic nitrogens is 4. The van der Waals surface area contributed by atoms with Crippen molar-refractivity contribution in [3.05, 3.63) is 93.0 Å². The summed E-state index contributed by atoms with van der Waals surface area (Å²) in [5, 5.41) is 9.30. The topological polar surface area (TPSA) is 103 Å². The number of nitrogens with zero attached hydrogens (tertiary/aromatic N) is 4. The van der Waals surface area contributed by atoms with Gasteiger partial charge in [0, 0.05) is 24.1 Å². The van der Waals surface area contributed by atoms with E-state index in [1.165, 1.54) is 11.3 Å². The fraction of sp³-hybridized carbons (Fsp3) is 0.160. The Labute approximate surface area is 198 Å². The minimum absolute atomic E-state index is 0.0626. The van der Waals surface area contributed by atoms with Crippen molar-refractivity contribution in [1.82, 2.24) is 19.7 Å². The number of aryl methyl sites for hydroxylation is 2. The summed E-state index contributed by atoms with van der Waals surface area (Å²) in [6, 6.07) is 14.7. The number of carbonyl (C=O) groups is 1. The Morgan fingerprint density at radius 2 is 1.97 bits per heavy atom. The van der Waals surface area contributed by atoms with Gasteiger partial charge < -0.3 is 14.4 Å². The van der Waals surface area contributed by atoms with Gasteiger partial charge in [-0.05, 0) is 49.1 Å². The third-order valence-corrected chi connectivity index (χ3v) is 6.33. The van der Waals surface area contributed by atoms with Crippen molar-refractivity contribution in [2.45, 2.75) is 26.8 Å². The number of benzene rings is 1. The van der Waals surface area contributed by atoms with Gasteiger partial charge in [0.1, 0.15) is 11.2 Å². The molecule has 0 aliphatic rings. The van der Waals surface area contributed by atoms with Crippen LogP contribution >= 0.6 is 11.3 Å². The van der Waals surface area contributed by atoms with Gasteiger partial charge in [0.15, 0.2) is 0 Å². The molecule has 4 heterocycles. The van der Waals surface area contributed by atoms with E-state index in [0.717, 1.165) is 16.1 Å². The van der Waals surface area contributed by atoms with Crippen LogP contribution in [0.1, 0.15) is 34.4 Å². The average molecular weight is 472 g/mol. The van der Waals surface area contributed by atoms with Gasteiger partial charge in [-0.3, -0.25) is 9.59 Å². The molecule has 0 radical (unpaired) electrons. The first-order chi connectivity index (χ1) is 16.5. The van der Waals surface area contributed by atoms with Crippen molar-refractivity contribution in [2.75, 3.05) is 5.32 Å². The third kappa shape index (κ3) is 4.13. The molecule has 0 atom stereocenters. The van der Waals surface area contributed by atoms with Crippen LogP contribution < -0.4 is 10.7 Å². The van der Waals surface area contributed by atoms with Gasteiger partial charge in [-0.25, -0.2) is 4.98 Å². The fourth-order valence-electron chi connectivity index (χ4n) is 3.74. The molecule has 0 bridgehead atoms. The standard InChI is InChI=1S/C25H21N5O3S/c1-3-30-14-18(22(31)17-11-10-15(2)26-24(17)30)25(32)27-19-8-5-4-7-16(19)13-21-28-23(29-33-21)20-9-6-12-34-20/h4-12,14H,3,13H2,1-2H3,(H,27,32). The van der Waals surface area contributed by atoms with Crippen LogP contribution in [0.4, 0.5) is 5.69 Å². The largest absolute Gasteiger partial charge is 0.339 e. The molecule has 0 saturated heterocycles. The summed E-state index contributed by atoms with van der Waals surface area (Å²) in [5.41, 5.74) is 2.47. The second kappa shape index (κ2) is 9.03. The lowest BCUT2D eigenvalue weighted by atomic mass is 10.1. The minimum atomic E-state index is -0.480. The van der Waals surface area contributed by atoms with E-state index in [2.05, 4.69) is 20.4 Å². The molecule has 9 heteroatoms. The molecule has 170 valence electrons. The number of nitrogens with one attached hydrogen (secondary N) is 1. The van der Waals surface area contributed by atoms with Crippen molar-refractivity contribution in [2.24, 2.45) is 0 Å². The van der Waals surface area contributed by atoms with Crippen LogP contribution in [0, 0.1) is 6.92 Å². The molecule has 0 saturated carbocycles. The van der Waals surface area contributed by atoms with Gasteiger partial charge in [-0.2, -0.15) is 4.98 Å². The summed E-state index contributed by atoms with van der Waals surface area (Å²) < 4.78 is 7.23. The number of amides is 1. The first kappa shape index (κ1) is 21.7. The zero-order valence-electron chi connectivity index (χ0n) is 18.6. The molecular weight excluding hydrogens is 450 g/mol. The number of anilines is 1. The summed E-state index contributed by atoms with van der Waals surface area (Å²) in [5.74, 6) is 0.490. The number of para-hydroxylation sites is 1. The van der Waals surface area contributed by atoms with Crippen LogP contribution in [0.15, 0.2) is 69.4 Å². The summed E-state index contributed by atoms with van der Waals surface area (Å²) in [6.07, 6.45) is 1.91. The van der Waals surface area contributed by atoms with Crippen molar-refractivity contribution in [3.8, 4) is 10.7 Å². The van der Waals surface area contributed by atoms with Gasteiger partial charge >= 0.3 is 0 Å². The second-order valence-corrected chi connectivity index (χ2v) is 8.71. The molecule has 0 aliphatic carbocycles. The van der Waals surface area contributed by atoms with E-state index >= 15 is 0 Å². The summed E-state index contributed by atoms with van der Waals surface area (Å²) in [6.45, 7) is 4.39. The highest BCUT2D eigenvalue weighted by molar-refractivity contribution is 7.13. The Kier molecular flexibility index (Phi) is 5.77. The monoisotopic (exact) mass is 471 g/mol. The van der Waals surface area contributed by atoms with Crippen LogP contribution in [0.25, 0.3) is 21.7 Å². The predicted molar refractivity (Wildman–Crippen MR) is 131 cm³/mol. The molecular formula is C25H21N5O3S. The Hall–Kier alpha value is -4.11. The van der Waals surface area contributed by atoms with E-state index < -0.39 is 5.91 Å². The summed E-state index contributed by atoms with van der Waals surface area (Å²) >= 11 is 1.53. The molecule has 34 heavy (non-hydrogen) atoms. The lowest BCUT2D eigenvalue weighted by molar-refractivity contribution is 0.102. The van der Waals surface area contributed by atoms with E-state index in [4.69, 9.17) is 4.52 Å². The molecule has 0 unspecified atom stereocenters. The Balaban J connectivity index is 1.44. The quantitative estimate of drug-likeness (QED) is 0.386. The van der Waals surface area contributed by atoms with Gasteiger partial charge in [0.05, 0.1) is 16.7 Å². The van der Waals surface area contributed by atoms with Gasteiger partial charge in [0.25, 0.3) is 5.91 Å². The smallest absolute Gasteiger partial charge is 0.261 e. The van der Waals surface area contributed by atoms with Crippen molar-refractivity contribution >= 4 is 34.0 Å². The molecule has 0 aliphatic heterocycles. The Morgan fingerprint density at radius 1 is 1.12 bits per heavy atom. The Bertz CT molecular complexity index is 1550. The number of fused-ring (bicyclic) bond motifs is 1. The molecule has 4 aromatic heterocycles. The summed E-state index contributed by atoms with van der Waals surface area (Å²) in [7, 11) is 0. The van der Waals surface area contributed by atoms with Gasteiger partial charge in [-0.15, -0.1) is 11.3 Å². The highest BCUT2D eigenvalue weighted by Gasteiger charge is 2.18. The number of hydrogen-bond acceptors (Lipinski definition) is 7. The summed E-state index contributed by atoms with van der Waals surface area (Å²) in [4.78, 5) is 36.1. The molecule has 5 aromatic rings. The van der Waals surface area contributed by atoms with Crippen LogP contribution in [-0.4, -0.2) is 25.6 Å². The molecule has 0 fully saturated rings. The highest BCUT2D eigenvalue weighted by atomic mass is 32.1. The van der Waals surface area contributed by atoms with Crippen LogP contribution in [-0.2, 0) is 13.0 Å². The number of carbonyl (C=O) groups excluding carboxylic acids is 1. The number of pyridine rings is 2. The molecule has 8 nitrogen and oxygen atoms in total. The van der Waals surface area contributed by atoms with E-state index in [0.29, 0.717) is 41.4 Å². The molecule has 5 rings (SSSR count).